The Morgan fingerprint density at radius 2 is 1.62 bits per heavy atom. The summed E-state index contributed by atoms with van der Waals surface area (Å²) in [6.45, 7) is 10.5. The van der Waals surface area contributed by atoms with Crippen molar-refractivity contribution in [2.45, 2.75) is 51.2 Å². The van der Waals surface area contributed by atoms with Crippen LogP contribution in [0.4, 0.5) is 4.79 Å². The molecule has 0 bridgehead atoms. The maximum absolute atomic E-state index is 14.9. The number of benzene rings is 3. The minimum atomic E-state index is -0.803. The molecule has 3 aromatic rings. The summed E-state index contributed by atoms with van der Waals surface area (Å²) in [5, 5.41) is 14.1. The number of amidine groups is 1. The normalized spacial score (nSPS) is 18.7. The standard InChI is InChI=1S/C38H44Cl2N6O4/c1-6-50-32-16-11-28(38(3,4)24-41)21-31(32)36-43-34(26-7-12-29(39)13-8-26)35(27-9-14-30(40)15-10-27)46(36)37(48)45-19-17-44(18-20-45)22-33(47)42-25(2)23-49-5/h7-16,21,25,34-35H,6,17-20,22-23H2,1-5H3,(H,42,47). The van der Waals surface area contributed by atoms with Crippen LogP contribution in [0.15, 0.2) is 71.7 Å². The van der Waals surface area contributed by atoms with Crippen LogP contribution < -0.4 is 10.1 Å². The zero-order valence-corrected chi connectivity index (χ0v) is 30.7. The molecule has 0 spiro atoms. The third kappa shape index (κ3) is 8.41. The van der Waals surface area contributed by atoms with Gasteiger partial charge in [-0.15, -0.1) is 0 Å². The quantitative estimate of drug-likeness (QED) is 0.239. The van der Waals surface area contributed by atoms with Gasteiger partial charge < -0.3 is 19.7 Å². The van der Waals surface area contributed by atoms with E-state index >= 15 is 0 Å². The van der Waals surface area contributed by atoms with Gasteiger partial charge in [-0.05, 0) is 80.8 Å². The number of carbonyl (C=O) groups is 2. The first-order chi connectivity index (χ1) is 23.9. The molecule has 0 saturated carbocycles. The van der Waals surface area contributed by atoms with Crippen molar-refractivity contribution in [3.63, 3.8) is 0 Å². The van der Waals surface area contributed by atoms with Crippen molar-refractivity contribution in [3.8, 4) is 11.8 Å². The van der Waals surface area contributed by atoms with Gasteiger partial charge in [0, 0.05) is 49.4 Å². The minimum absolute atomic E-state index is 0.0828. The van der Waals surface area contributed by atoms with E-state index in [1.165, 1.54) is 0 Å². The van der Waals surface area contributed by atoms with E-state index in [2.05, 4.69) is 11.4 Å². The first-order valence-corrected chi connectivity index (χ1v) is 17.6. The number of nitrogens with zero attached hydrogens (tertiary/aromatic N) is 5. The highest BCUT2D eigenvalue weighted by Crippen LogP contribution is 2.46. The predicted molar refractivity (Wildman–Crippen MR) is 196 cm³/mol. The van der Waals surface area contributed by atoms with Crippen LogP contribution in [-0.4, -0.2) is 91.6 Å². The fourth-order valence-corrected chi connectivity index (χ4v) is 6.61. The summed E-state index contributed by atoms with van der Waals surface area (Å²) < 4.78 is 11.3. The van der Waals surface area contributed by atoms with E-state index in [1.54, 1.807) is 12.0 Å². The zero-order valence-electron chi connectivity index (χ0n) is 29.2. The van der Waals surface area contributed by atoms with Crippen LogP contribution >= 0.6 is 23.2 Å². The first-order valence-electron chi connectivity index (χ1n) is 16.8. The molecule has 264 valence electrons. The summed E-state index contributed by atoms with van der Waals surface area (Å²) in [5.41, 5.74) is 2.33. The number of amides is 3. The SMILES string of the molecule is CCOc1ccc(C(C)(C)C#N)cc1C1=NC(c2ccc(Cl)cc2)C(c2ccc(Cl)cc2)N1C(=O)N1CCN(CC(=O)NC(C)COC)CC1. The number of methoxy groups -OCH3 is 1. The summed E-state index contributed by atoms with van der Waals surface area (Å²) in [4.78, 5) is 38.5. The zero-order chi connectivity index (χ0) is 36.0. The number of carbonyl (C=O) groups excluding carboxylic acids is 2. The molecule has 2 aliphatic rings. The fraction of sp³-hybridized carbons (Fsp3) is 0.421. The van der Waals surface area contributed by atoms with Crippen molar-refractivity contribution >= 4 is 41.0 Å². The maximum Gasteiger partial charge on any atom is 0.326 e. The molecule has 10 nitrogen and oxygen atoms in total. The molecular weight excluding hydrogens is 675 g/mol. The van der Waals surface area contributed by atoms with Crippen molar-refractivity contribution in [1.82, 2.24) is 20.0 Å². The Morgan fingerprint density at radius 3 is 2.20 bits per heavy atom. The van der Waals surface area contributed by atoms with Crippen molar-refractivity contribution in [3.05, 3.63) is 99.0 Å². The Kier molecular flexibility index (Phi) is 12.1. The summed E-state index contributed by atoms with van der Waals surface area (Å²) in [5.74, 6) is 0.926. The summed E-state index contributed by atoms with van der Waals surface area (Å²) >= 11 is 12.6. The van der Waals surface area contributed by atoms with Crippen molar-refractivity contribution in [2.24, 2.45) is 4.99 Å². The lowest BCUT2D eigenvalue weighted by molar-refractivity contribution is -0.123. The van der Waals surface area contributed by atoms with Crippen LogP contribution in [0.25, 0.3) is 0 Å². The molecule has 1 fully saturated rings. The average molecular weight is 720 g/mol. The van der Waals surface area contributed by atoms with Crippen molar-refractivity contribution in [2.75, 3.05) is 53.0 Å². The molecule has 12 heteroatoms. The predicted octanol–water partition coefficient (Wildman–Crippen LogP) is 6.63. The number of nitriles is 1. The van der Waals surface area contributed by atoms with Crippen LogP contribution in [-0.2, 0) is 14.9 Å². The minimum Gasteiger partial charge on any atom is -0.493 e. The van der Waals surface area contributed by atoms with Crippen LogP contribution in [0.3, 0.4) is 0 Å². The second kappa shape index (κ2) is 16.3. The molecule has 0 radical (unpaired) electrons. The van der Waals surface area contributed by atoms with Crippen molar-refractivity contribution in [1.29, 1.82) is 5.26 Å². The highest BCUT2D eigenvalue weighted by atomic mass is 35.5. The van der Waals surface area contributed by atoms with Gasteiger partial charge in [-0.2, -0.15) is 5.26 Å². The monoisotopic (exact) mass is 718 g/mol. The van der Waals surface area contributed by atoms with E-state index in [-0.39, 0.29) is 24.5 Å². The van der Waals surface area contributed by atoms with E-state index in [0.29, 0.717) is 66.6 Å². The van der Waals surface area contributed by atoms with Crippen LogP contribution in [0.2, 0.25) is 10.0 Å². The molecule has 1 N–H and O–H groups in total. The van der Waals surface area contributed by atoms with E-state index in [0.717, 1.165) is 16.7 Å². The molecule has 2 aliphatic heterocycles. The number of aliphatic imine (C=N–C) groups is 1. The third-order valence-electron chi connectivity index (χ3n) is 9.05. The molecule has 50 heavy (non-hydrogen) atoms. The number of hydrogen-bond acceptors (Lipinski definition) is 7. The molecule has 0 aromatic heterocycles. The Bertz CT molecular complexity index is 1730. The van der Waals surface area contributed by atoms with Gasteiger partial charge in [-0.3, -0.25) is 19.6 Å². The maximum atomic E-state index is 14.9. The number of urea groups is 1. The lowest BCUT2D eigenvalue weighted by atomic mass is 9.85. The Morgan fingerprint density at radius 1 is 1.00 bits per heavy atom. The third-order valence-corrected chi connectivity index (χ3v) is 9.56. The smallest absolute Gasteiger partial charge is 0.326 e. The van der Waals surface area contributed by atoms with Crippen molar-refractivity contribution < 1.29 is 19.1 Å². The van der Waals surface area contributed by atoms with Gasteiger partial charge in [-0.25, -0.2) is 4.79 Å². The number of nitrogens with one attached hydrogen (secondary N) is 1. The van der Waals surface area contributed by atoms with Gasteiger partial charge in [0.25, 0.3) is 0 Å². The first kappa shape index (κ1) is 37.1. The van der Waals surface area contributed by atoms with E-state index in [1.807, 2.05) is 104 Å². The fourth-order valence-electron chi connectivity index (χ4n) is 6.36. The van der Waals surface area contributed by atoms with Crippen LogP contribution in [0.5, 0.6) is 5.75 Å². The van der Waals surface area contributed by atoms with Gasteiger partial charge in [0.2, 0.25) is 5.91 Å². The molecule has 5 rings (SSSR count). The molecule has 3 unspecified atom stereocenters. The number of piperazine rings is 1. The lowest BCUT2D eigenvalue weighted by Gasteiger charge is -2.39. The van der Waals surface area contributed by atoms with Gasteiger partial charge in [0.05, 0.1) is 42.8 Å². The molecule has 0 aliphatic carbocycles. The molecule has 3 aromatic carbocycles. The Balaban J connectivity index is 1.56. The Labute approximate surface area is 304 Å². The number of halogens is 2. The van der Waals surface area contributed by atoms with E-state index in [9.17, 15) is 14.9 Å². The highest BCUT2D eigenvalue weighted by Gasteiger charge is 2.45. The highest BCUT2D eigenvalue weighted by molar-refractivity contribution is 6.30. The van der Waals surface area contributed by atoms with E-state index in [4.69, 9.17) is 37.7 Å². The lowest BCUT2D eigenvalue weighted by Crippen LogP contribution is -2.55. The molecule has 3 atom stereocenters. The van der Waals surface area contributed by atoms with Crippen LogP contribution in [0, 0.1) is 11.3 Å². The van der Waals surface area contributed by atoms with Gasteiger partial charge in [0.1, 0.15) is 17.6 Å². The molecule has 3 amide bonds. The summed E-state index contributed by atoms with van der Waals surface area (Å²) in [6.07, 6.45) is 0. The number of hydrogen-bond donors (Lipinski definition) is 1. The van der Waals surface area contributed by atoms with Crippen LogP contribution in [0.1, 0.15) is 62.0 Å². The second-order valence-corrected chi connectivity index (χ2v) is 14.0. The Hall–Kier alpha value is -4.14. The summed E-state index contributed by atoms with van der Waals surface area (Å²) in [6, 6.07) is 21.7. The average Bonchev–Trinajstić information content (AvgIpc) is 3.49. The van der Waals surface area contributed by atoms with Gasteiger partial charge in [-0.1, -0.05) is 53.5 Å². The summed E-state index contributed by atoms with van der Waals surface area (Å²) in [7, 11) is 1.60. The molecule has 2 heterocycles. The number of ether oxygens (including phenoxy) is 2. The molecule has 1 saturated heterocycles. The van der Waals surface area contributed by atoms with E-state index < -0.39 is 17.5 Å². The van der Waals surface area contributed by atoms with Gasteiger partial charge >= 0.3 is 6.03 Å². The topological polar surface area (TPSA) is 110 Å². The van der Waals surface area contributed by atoms with Gasteiger partial charge in [0.15, 0.2) is 0 Å². The second-order valence-electron chi connectivity index (χ2n) is 13.2. The largest absolute Gasteiger partial charge is 0.493 e. The molecular formula is C38H44Cl2N6O4. The number of rotatable bonds is 11.